The predicted octanol–water partition coefficient (Wildman–Crippen LogP) is 2.22. The molecule has 1 N–H and O–H groups in total. The molecule has 1 amide bonds. The van der Waals surface area contributed by atoms with Crippen molar-refractivity contribution in [3.05, 3.63) is 12.7 Å². The molecule has 64 valence electrons. The van der Waals surface area contributed by atoms with E-state index in [0.29, 0.717) is 0 Å². The first kappa shape index (κ1) is 11.4. The van der Waals surface area contributed by atoms with Crippen molar-refractivity contribution in [2.75, 3.05) is 0 Å². The van der Waals surface area contributed by atoms with Crippen LogP contribution in [0.4, 0.5) is 0 Å². The molecule has 0 aliphatic rings. The van der Waals surface area contributed by atoms with Gasteiger partial charge in [-0.25, -0.2) is 0 Å². The summed E-state index contributed by atoms with van der Waals surface area (Å²) in [6.45, 7) is 3.20. The van der Waals surface area contributed by atoms with E-state index in [1.807, 2.05) is 0 Å². The van der Waals surface area contributed by atoms with Gasteiger partial charge >= 0.3 is 0 Å². The number of carbonyl (C=O) groups is 1. The zero-order chi connectivity index (χ0) is 9.07. The van der Waals surface area contributed by atoms with E-state index in [1.165, 1.54) is 0 Å². The number of amides is 1. The first-order valence-electron chi connectivity index (χ1n) is 2.51. The monoisotopic (exact) mass is 235 g/mol. The van der Waals surface area contributed by atoms with Crippen LogP contribution in [0.2, 0.25) is 0 Å². The van der Waals surface area contributed by atoms with E-state index in [-0.39, 0.29) is 0 Å². The summed E-state index contributed by atoms with van der Waals surface area (Å²) in [5, 5.41) is 2.18. The molecule has 0 saturated heterocycles. The van der Waals surface area contributed by atoms with Gasteiger partial charge in [-0.1, -0.05) is 53.0 Å². The van der Waals surface area contributed by atoms with Gasteiger partial charge in [0.25, 0.3) is 0 Å². The van der Waals surface area contributed by atoms with E-state index in [0.717, 1.165) is 6.08 Å². The minimum Gasteiger partial charge on any atom is -0.333 e. The highest BCUT2D eigenvalue weighted by atomic mass is 35.6. The van der Waals surface area contributed by atoms with Gasteiger partial charge in [-0.15, -0.1) is 0 Å². The maximum absolute atomic E-state index is 10.6. The van der Waals surface area contributed by atoms with Crippen LogP contribution in [0.3, 0.4) is 0 Å². The number of hydrogen-bond acceptors (Lipinski definition) is 1. The normalized spacial score (nSPS) is 13.8. The maximum Gasteiger partial charge on any atom is 0.244 e. The Bertz CT molecular complexity index is 164. The molecule has 0 aromatic carbocycles. The van der Waals surface area contributed by atoms with Gasteiger partial charge in [0.05, 0.1) is 0 Å². The smallest absolute Gasteiger partial charge is 0.244 e. The zero-order valence-corrected chi connectivity index (χ0v) is 8.31. The van der Waals surface area contributed by atoms with Crippen molar-refractivity contribution in [2.45, 2.75) is 9.29 Å². The molecule has 0 rings (SSSR count). The maximum atomic E-state index is 10.6. The van der Waals surface area contributed by atoms with E-state index in [4.69, 9.17) is 46.4 Å². The number of alkyl halides is 4. The van der Waals surface area contributed by atoms with Crippen molar-refractivity contribution in [1.82, 2.24) is 5.32 Å². The zero-order valence-electron chi connectivity index (χ0n) is 5.28. The molecular weight excluding hydrogens is 232 g/mol. The topological polar surface area (TPSA) is 29.1 Å². The largest absolute Gasteiger partial charge is 0.333 e. The fraction of sp³-hybridized carbons (Fsp3) is 0.400. The van der Waals surface area contributed by atoms with E-state index in [2.05, 4.69) is 11.9 Å². The first-order valence-corrected chi connectivity index (χ1v) is 4.08. The van der Waals surface area contributed by atoms with Crippen LogP contribution in [-0.2, 0) is 4.79 Å². The molecule has 0 aromatic rings. The standard InChI is InChI=1S/C5H5Cl4NO/c1-2-3(11)10-4(6)5(7,8)9/h2,4H,1H2,(H,10,11). The van der Waals surface area contributed by atoms with Crippen LogP contribution in [0.1, 0.15) is 0 Å². The Hall–Kier alpha value is 0.370. The number of nitrogens with one attached hydrogen (secondary N) is 1. The second-order valence-electron chi connectivity index (χ2n) is 1.62. The van der Waals surface area contributed by atoms with E-state index < -0.39 is 15.2 Å². The van der Waals surface area contributed by atoms with Crippen LogP contribution < -0.4 is 5.32 Å². The van der Waals surface area contributed by atoms with Crippen LogP contribution in [0, 0.1) is 0 Å². The van der Waals surface area contributed by atoms with Crippen molar-refractivity contribution < 1.29 is 4.79 Å². The number of halogens is 4. The van der Waals surface area contributed by atoms with Crippen molar-refractivity contribution in [1.29, 1.82) is 0 Å². The summed E-state index contributed by atoms with van der Waals surface area (Å²) < 4.78 is -1.71. The van der Waals surface area contributed by atoms with Crippen molar-refractivity contribution >= 4 is 52.3 Å². The predicted molar refractivity (Wildman–Crippen MR) is 48.3 cm³/mol. The molecule has 0 spiro atoms. The van der Waals surface area contributed by atoms with Gasteiger partial charge in [-0.3, -0.25) is 4.79 Å². The fourth-order valence-electron chi connectivity index (χ4n) is 0.266. The average molecular weight is 237 g/mol. The molecule has 0 fully saturated rings. The Morgan fingerprint density at radius 1 is 1.55 bits per heavy atom. The minimum absolute atomic E-state index is 0.490. The van der Waals surface area contributed by atoms with Crippen molar-refractivity contribution in [3.63, 3.8) is 0 Å². The lowest BCUT2D eigenvalue weighted by Gasteiger charge is -2.17. The summed E-state index contributed by atoms with van der Waals surface area (Å²) in [6.07, 6.45) is 1.03. The third kappa shape index (κ3) is 4.75. The first-order chi connectivity index (χ1) is 4.88. The highest BCUT2D eigenvalue weighted by Gasteiger charge is 2.31. The second-order valence-corrected chi connectivity index (χ2v) is 4.42. The van der Waals surface area contributed by atoms with Crippen LogP contribution in [0.25, 0.3) is 0 Å². The molecule has 0 saturated carbocycles. The molecule has 0 bridgehead atoms. The molecule has 2 nitrogen and oxygen atoms in total. The lowest BCUT2D eigenvalue weighted by atomic mass is 10.5. The Labute approximate surface area is 84.4 Å². The Morgan fingerprint density at radius 2 is 2.00 bits per heavy atom. The average Bonchev–Trinajstić information content (AvgIpc) is 1.85. The molecule has 1 atom stereocenters. The molecule has 0 aliphatic heterocycles. The van der Waals surface area contributed by atoms with Gasteiger partial charge < -0.3 is 5.32 Å². The third-order valence-corrected chi connectivity index (χ3v) is 2.17. The number of carbonyl (C=O) groups excluding carboxylic acids is 1. The lowest BCUT2D eigenvalue weighted by Crippen LogP contribution is -2.38. The highest BCUT2D eigenvalue weighted by Crippen LogP contribution is 2.32. The summed E-state index contributed by atoms with van der Waals surface area (Å²) in [5.74, 6) is -0.490. The molecule has 11 heavy (non-hydrogen) atoms. The molecule has 0 heterocycles. The SMILES string of the molecule is C=CC(=O)NC(Cl)C(Cl)(Cl)Cl. The Balaban J connectivity index is 3.97. The van der Waals surface area contributed by atoms with E-state index in [9.17, 15) is 4.79 Å². The van der Waals surface area contributed by atoms with Gasteiger partial charge in [0.1, 0.15) is 0 Å². The van der Waals surface area contributed by atoms with Gasteiger partial charge in [0, 0.05) is 0 Å². The number of rotatable bonds is 2. The Morgan fingerprint density at radius 3 is 2.27 bits per heavy atom. The van der Waals surface area contributed by atoms with Crippen LogP contribution >= 0.6 is 46.4 Å². The quantitative estimate of drug-likeness (QED) is 0.445. The summed E-state index contributed by atoms with van der Waals surface area (Å²) in [6, 6.07) is 0. The molecule has 1 unspecified atom stereocenters. The number of hydrogen-bond donors (Lipinski definition) is 1. The van der Waals surface area contributed by atoms with Gasteiger partial charge in [0.2, 0.25) is 9.70 Å². The summed E-state index contributed by atoms with van der Waals surface area (Å²) in [5.41, 5.74) is -1.06. The van der Waals surface area contributed by atoms with Gasteiger partial charge in [0.15, 0.2) is 5.50 Å². The fourth-order valence-corrected chi connectivity index (χ4v) is 0.537. The minimum atomic E-state index is -1.71. The van der Waals surface area contributed by atoms with Crippen molar-refractivity contribution in [2.24, 2.45) is 0 Å². The van der Waals surface area contributed by atoms with E-state index >= 15 is 0 Å². The Kier molecular flexibility index (Phi) is 4.56. The van der Waals surface area contributed by atoms with Crippen LogP contribution in [0.15, 0.2) is 12.7 Å². The second kappa shape index (κ2) is 4.41. The van der Waals surface area contributed by atoms with Crippen LogP contribution in [-0.4, -0.2) is 15.2 Å². The lowest BCUT2D eigenvalue weighted by molar-refractivity contribution is -0.116. The molecule has 0 aliphatic carbocycles. The van der Waals surface area contributed by atoms with Gasteiger partial charge in [-0.2, -0.15) is 0 Å². The van der Waals surface area contributed by atoms with Gasteiger partial charge in [-0.05, 0) is 6.08 Å². The molecular formula is C5H5Cl4NO. The molecule has 0 radical (unpaired) electrons. The third-order valence-electron chi connectivity index (χ3n) is 0.742. The van der Waals surface area contributed by atoms with E-state index in [1.54, 1.807) is 0 Å². The molecule has 0 aromatic heterocycles. The summed E-state index contributed by atoms with van der Waals surface area (Å²) >= 11 is 21.5. The summed E-state index contributed by atoms with van der Waals surface area (Å²) in [7, 11) is 0. The van der Waals surface area contributed by atoms with Crippen LogP contribution in [0.5, 0.6) is 0 Å². The van der Waals surface area contributed by atoms with Crippen molar-refractivity contribution in [3.8, 4) is 0 Å². The molecule has 6 heteroatoms. The summed E-state index contributed by atoms with van der Waals surface area (Å²) in [4.78, 5) is 10.6. The highest BCUT2D eigenvalue weighted by molar-refractivity contribution is 6.70.